The second kappa shape index (κ2) is 9.36. The largest absolute Gasteiger partial charge is 0.484 e. The van der Waals surface area contributed by atoms with Crippen LogP contribution in [-0.4, -0.2) is 34.7 Å². The number of rotatable bonds is 8. The molecule has 2 amide bonds. The highest BCUT2D eigenvalue weighted by Gasteiger charge is 2.07. The van der Waals surface area contributed by atoms with Crippen molar-refractivity contribution in [1.29, 1.82) is 0 Å². The van der Waals surface area contributed by atoms with Crippen LogP contribution in [0.3, 0.4) is 0 Å². The molecule has 0 bridgehead atoms. The van der Waals surface area contributed by atoms with Crippen molar-refractivity contribution in [3.05, 3.63) is 65.1 Å². The maximum Gasteiger partial charge on any atom is 0.266 e. The van der Waals surface area contributed by atoms with Crippen LogP contribution >= 0.6 is 0 Å². The van der Waals surface area contributed by atoms with E-state index >= 15 is 0 Å². The lowest BCUT2D eigenvalue weighted by molar-refractivity contribution is -0.123. The molecule has 3 aromatic rings. The SMILES string of the molecule is CC(=O)Nc1cccc(OCC(=O)NCCn2nc(-c3ccco3)ccc2=O)c1. The van der Waals surface area contributed by atoms with Gasteiger partial charge in [-0.1, -0.05) is 6.07 Å². The van der Waals surface area contributed by atoms with Gasteiger partial charge in [0, 0.05) is 31.3 Å². The number of anilines is 1. The monoisotopic (exact) mass is 396 g/mol. The summed E-state index contributed by atoms with van der Waals surface area (Å²) in [6.45, 7) is 1.63. The summed E-state index contributed by atoms with van der Waals surface area (Å²) in [5.74, 6) is 0.471. The van der Waals surface area contributed by atoms with Gasteiger partial charge >= 0.3 is 0 Å². The Morgan fingerprint density at radius 1 is 1.17 bits per heavy atom. The number of amides is 2. The predicted molar refractivity (Wildman–Crippen MR) is 105 cm³/mol. The molecule has 0 unspecified atom stereocenters. The van der Waals surface area contributed by atoms with Gasteiger partial charge in [0.15, 0.2) is 12.4 Å². The van der Waals surface area contributed by atoms with Crippen LogP contribution in [0.2, 0.25) is 0 Å². The maximum absolute atomic E-state index is 12.0. The van der Waals surface area contributed by atoms with Crippen LogP contribution < -0.4 is 20.9 Å². The lowest BCUT2D eigenvalue weighted by atomic mass is 10.3. The molecule has 0 aliphatic heterocycles. The number of hydrogen-bond acceptors (Lipinski definition) is 6. The molecule has 0 radical (unpaired) electrons. The van der Waals surface area contributed by atoms with Gasteiger partial charge in [0.25, 0.3) is 11.5 Å². The summed E-state index contributed by atoms with van der Waals surface area (Å²) in [5, 5.41) is 9.54. The van der Waals surface area contributed by atoms with Crippen LogP contribution in [0.1, 0.15) is 6.92 Å². The van der Waals surface area contributed by atoms with Gasteiger partial charge in [-0.3, -0.25) is 14.4 Å². The molecule has 0 saturated carbocycles. The molecule has 0 atom stereocenters. The average Bonchev–Trinajstić information content (AvgIpc) is 3.22. The lowest BCUT2D eigenvalue weighted by Crippen LogP contribution is -2.34. The maximum atomic E-state index is 12.0. The van der Waals surface area contributed by atoms with E-state index in [1.165, 1.54) is 23.9 Å². The van der Waals surface area contributed by atoms with E-state index in [0.717, 1.165) is 0 Å². The Hall–Kier alpha value is -3.88. The zero-order valence-electron chi connectivity index (χ0n) is 15.8. The number of nitrogens with one attached hydrogen (secondary N) is 2. The average molecular weight is 396 g/mol. The first-order chi connectivity index (χ1) is 14.0. The van der Waals surface area contributed by atoms with Gasteiger partial charge in [0.2, 0.25) is 5.91 Å². The number of benzene rings is 1. The predicted octanol–water partition coefficient (Wildman–Crippen LogP) is 1.66. The molecule has 0 aliphatic carbocycles. The summed E-state index contributed by atoms with van der Waals surface area (Å²) in [7, 11) is 0. The summed E-state index contributed by atoms with van der Waals surface area (Å²) in [5.41, 5.74) is 0.834. The van der Waals surface area contributed by atoms with Crippen molar-refractivity contribution in [3.63, 3.8) is 0 Å². The number of aromatic nitrogens is 2. The molecule has 3 rings (SSSR count). The molecule has 2 N–H and O–H groups in total. The van der Waals surface area contributed by atoms with Gasteiger partial charge in [0.1, 0.15) is 11.4 Å². The van der Waals surface area contributed by atoms with E-state index in [0.29, 0.717) is 22.9 Å². The standard InChI is InChI=1S/C20H20N4O5/c1-14(25)22-15-4-2-5-16(12-15)29-13-19(26)21-9-10-24-20(27)8-7-17(23-24)18-6-3-11-28-18/h2-8,11-12H,9-10,13H2,1H3,(H,21,26)(H,22,25). The number of carbonyl (C=O) groups excluding carboxylic acids is 2. The van der Waals surface area contributed by atoms with Crippen LogP contribution in [-0.2, 0) is 16.1 Å². The highest BCUT2D eigenvalue weighted by molar-refractivity contribution is 5.88. The molecule has 0 spiro atoms. The summed E-state index contributed by atoms with van der Waals surface area (Å²) in [4.78, 5) is 35.0. The molecule has 9 heteroatoms. The fourth-order valence-electron chi connectivity index (χ4n) is 2.53. The van der Waals surface area contributed by atoms with Gasteiger partial charge in [-0.2, -0.15) is 5.10 Å². The fourth-order valence-corrected chi connectivity index (χ4v) is 2.53. The molecule has 0 saturated heterocycles. The van der Waals surface area contributed by atoms with E-state index in [4.69, 9.17) is 9.15 Å². The Bertz CT molecular complexity index is 1040. The Morgan fingerprint density at radius 2 is 2.03 bits per heavy atom. The third-order valence-electron chi connectivity index (χ3n) is 3.81. The first kappa shape index (κ1) is 19.9. The van der Waals surface area contributed by atoms with Gasteiger partial charge in [0.05, 0.1) is 12.8 Å². The van der Waals surface area contributed by atoms with Crippen molar-refractivity contribution in [1.82, 2.24) is 15.1 Å². The molecule has 9 nitrogen and oxygen atoms in total. The van der Waals surface area contributed by atoms with E-state index < -0.39 is 0 Å². The van der Waals surface area contributed by atoms with Crippen molar-refractivity contribution in [3.8, 4) is 17.2 Å². The minimum atomic E-state index is -0.342. The van der Waals surface area contributed by atoms with Crippen molar-refractivity contribution in [2.75, 3.05) is 18.5 Å². The lowest BCUT2D eigenvalue weighted by Gasteiger charge is -2.10. The van der Waals surface area contributed by atoms with E-state index in [1.807, 2.05) is 0 Å². The Balaban J connectivity index is 1.49. The molecule has 0 aliphatic rings. The molecule has 1 aromatic carbocycles. The number of ether oxygens (including phenoxy) is 1. The molecule has 29 heavy (non-hydrogen) atoms. The van der Waals surface area contributed by atoms with Crippen molar-refractivity contribution >= 4 is 17.5 Å². The minimum Gasteiger partial charge on any atom is -0.484 e. The smallest absolute Gasteiger partial charge is 0.266 e. The molecular formula is C20H20N4O5. The fraction of sp³-hybridized carbons (Fsp3) is 0.200. The second-order valence-corrected chi connectivity index (χ2v) is 6.10. The first-order valence-electron chi connectivity index (χ1n) is 8.90. The zero-order chi connectivity index (χ0) is 20.6. The van der Waals surface area contributed by atoms with Crippen LogP contribution in [0.4, 0.5) is 5.69 Å². The summed E-state index contributed by atoms with van der Waals surface area (Å²) < 4.78 is 12.0. The van der Waals surface area contributed by atoms with Crippen LogP contribution in [0, 0.1) is 0 Å². The van der Waals surface area contributed by atoms with E-state index in [2.05, 4.69) is 15.7 Å². The molecule has 150 valence electrons. The van der Waals surface area contributed by atoms with Gasteiger partial charge in [-0.05, 0) is 30.3 Å². The second-order valence-electron chi connectivity index (χ2n) is 6.10. The molecule has 2 heterocycles. The van der Waals surface area contributed by atoms with Gasteiger partial charge < -0.3 is 19.8 Å². The minimum absolute atomic E-state index is 0.195. The van der Waals surface area contributed by atoms with Crippen LogP contribution in [0.25, 0.3) is 11.5 Å². The Kier molecular flexibility index (Phi) is 6.41. The third kappa shape index (κ3) is 5.80. The zero-order valence-corrected chi connectivity index (χ0v) is 15.8. The quantitative estimate of drug-likeness (QED) is 0.598. The van der Waals surface area contributed by atoms with Crippen LogP contribution in [0.15, 0.2) is 64.0 Å². The third-order valence-corrected chi connectivity index (χ3v) is 3.81. The number of carbonyl (C=O) groups is 2. The Labute approximate surface area is 166 Å². The number of hydrogen-bond donors (Lipinski definition) is 2. The van der Waals surface area contributed by atoms with Crippen LogP contribution in [0.5, 0.6) is 5.75 Å². The normalized spacial score (nSPS) is 10.4. The number of furan rings is 1. The van der Waals surface area contributed by atoms with Crippen molar-refractivity contribution < 1.29 is 18.7 Å². The first-order valence-corrected chi connectivity index (χ1v) is 8.90. The summed E-state index contributed by atoms with van der Waals surface area (Å²) in [6, 6.07) is 13.2. The topological polar surface area (TPSA) is 115 Å². The van der Waals surface area contributed by atoms with Gasteiger partial charge in [-0.25, -0.2) is 4.68 Å². The van der Waals surface area contributed by atoms with Crippen molar-refractivity contribution in [2.45, 2.75) is 13.5 Å². The summed E-state index contributed by atoms with van der Waals surface area (Å²) in [6.07, 6.45) is 1.53. The molecule has 2 aromatic heterocycles. The van der Waals surface area contributed by atoms with Gasteiger partial charge in [-0.15, -0.1) is 0 Å². The molecular weight excluding hydrogens is 376 g/mol. The number of nitrogens with zero attached hydrogens (tertiary/aromatic N) is 2. The van der Waals surface area contributed by atoms with Crippen molar-refractivity contribution in [2.24, 2.45) is 0 Å². The highest BCUT2D eigenvalue weighted by Crippen LogP contribution is 2.17. The molecule has 0 fully saturated rings. The summed E-state index contributed by atoms with van der Waals surface area (Å²) >= 11 is 0. The van der Waals surface area contributed by atoms with E-state index in [1.54, 1.807) is 42.5 Å². The highest BCUT2D eigenvalue weighted by atomic mass is 16.5. The van der Waals surface area contributed by atoms with E-state index in [9.17, 15) is 14.4 Å². The van der Waals surface area contributed by atoms with E-state index in [-0.39, 0.29) is 37.1 Å². The Morgan fingerprint density at radius 3 is 2.79 bits per heavy atom.